The van der Waals surface area contributed by atoms with Crippen LogP contribution in [0.2, 0.25) is 0 Å². The Labute approximate surface area is 40.9 Å². The molecule has 4 nitrogen and oxygen atoms in total. The molecule has 5 heavy (non-hydrogen) atoms. The Morgan fingerprint density at radius 3 is 0.800 bits per heavy atom. The van der Waals surface area contributed by atoms with Gasteiger partial charge in [-0.1, -0.05) is 0 Å². The molecule has 0 saturated heterocycles. The van der Waals surface area contributed by atoms with E-state index >= 15 is 0 Å². The Balaban J connectivity index is -0.00000000167. The molecule has 0 bridgehead atoms. The predicted octanol–water partition coefficient (Wildman–Crippen LogP) is -1.63. The van der Waals surface area contributed by atoms with Crippen molar-refractivity contribution >= 4 is 0 Å². The van der Waals surface area contributed by atoms with Gasteiger partial charge in [-0.3, -0.25) is 10.5 Å². The molecule has 0 aromatic carbocycles. The molecule has 0 heterocycles. The normalized spacial score (nSPS) is 1.20. The summed E-state index contributed by atoms with van der Waals surface area (Å²) in [6.45, 7) is 0. The Bertz CT molecular complexity index is 3.61. The zero-order chi connectivity index (χ0) is 2.00. The van der Waals surface area contributed by atoms with Crippen LogP contribution in [0.25, 0.3) is 0 Å². The summed E-state index contributed by atoms with van der Waals surface area (Å²) in [6.07, 6.45) is 0. The molecule has 0 amide bonds. The quantitative estimate of drug-likeness (QED) is 0.296. The fourth-order valence-corrected chi connectivity index (χ4v) is 0. The van der Waals surface area contributed by atoms with Gasteiger partial charge < -0.3 is 11.0 Å². The van der Waals surface area contributed by atoms with Crippen LogP contribution in [0.15, 0.2) is 0 Å². The average Bonchev–Trinajstić information content (AvgIpc) is 1.00. The van der Waals surface area contributed by atoms with Crippen LogP contribution < -0.4 is 0 Å². The van der Waals surface area contributed by atoms with Gasteiger partial charge in [0.1, 0.15) is 0 Å². The first-order valence-corrected chi connectivity index (χ1v) is 0.200. The fourth-order valence-electron chi connectivity index (χ4n) is 0. The second-order valence-corrected chi connectivity index (χ2v) is 0. The molecule has 0 aromatic rings. The van der Waals surface area contributed by atoms with E-state index in [4.69, 9.17) is 10.5 Å². The first-order chi connectivity index (χ1) is 1.00. The predicted molar refractivity (Wildman–Crippen MR) is 12.5 cm³/mol. The van der Waals surface area contributed by atoms with Crippen LogP contribution in [0, 0.1) is 0 Å². The minimum atomic E-state index is 0. The van der Waals surface area contributed by atoms with Gasteiger partial charge in [0.25, 0.3) is 0 Å². The molecular weight excluding hydrogens is 115 g/mol. The van der Waals surface area contributed by atoms with E-state index in [2.05, 4.69) is 0 Å². The molecule has 0 rings (SSSR count). The van der Waals surface area contributed by atoms with E-state index in [1.54, 1.807) is 0 Å². The van der Waals surface area contributed by atoms with Crippen molar-refractivity contribution in [3.05, 3.63) is 0 Å². The van der Waals surface area contributed by atoms with E-state index in [0.29, 0.717) is 0 Å². The minimum Gasteiger partial charge on any atom is -0.412 e. The summed E-state index contributed by atoms with van der Waals surface area (Å²) in [5.74, 6) is 0. The minimum absolute atomic E-state index is 0. The molecule has 0 saturated carbocycles. The first kappa shape index (κ1) is 52.3. The second-order valence-electron chi connectivity index (χ2n) is 0. The largest absolute Gasteiger partial charge is 0.412 e. The zero-order valence-corrected chi connectivity index (χ0v) is 3.74. The van der Waals surface area contributed by atoms with Crippen LogP contribution in [-0.4, -0.2) is 21.5 Å². The van der Waals surface area contributed by atoms with Gasteiger partial charge in [-0.2, -0.15) is 0 Å². The molecule has 0 unspecified atom stereocenters. The molecule has 35 valence electrons. The smallest absolute Gasteiger partial charge is 0 e. The van der Waals surface area contributed by atoms with Crippen molar-refractivity contribution in [2.45, 2.75) is 0 Å². The van der Waals surface area contributed by atoms with Crippen LogP contribution in [0.4, 0.5) is 0 Å². The molecule has 0 spiro atoms. The fraction of sp³-hybridized carbons (Fsp3) is 0. The summed E-state index contributed by atoms with van der Waals surface area (Å²) in [4.78, 5) is 0. The van der Waals surface area contributed by atoms with Crippen molar-refractivity contribution in [1.29, 1.82) is 0 Å². The maximum atomic E-state index is 6.00. The van der Waals surface area contributed by atoms with Crippen molar-refractivity contribution in [2.75, 3.05) is 0 Å². The van der Waals surface area contributed by atoms with Crippen LogP contribution in [0.3, 0.4) is 0 Å². The third kappa shape index (κ3) is 144. The third-order valence-electron chi connectivity index (χ3n) is 0. The molecule has 0 aliphatic carbocycles. The summed E-state index contributed by atoms with van der Waals surface area (Å²) >= 11 is 0. The Kier molecular flexibility index (Phi) is 3010. The molecule has 1 radical (unpaired) electrons. The van der Waals surface area contributed by atoms with E-state index in [1.807, 2.05) is 0 Å². The molecule has 0 fully saturated rings. The Hall–Kier alpha value is 0.424. The molecule has 0 atom stereocenters. The molecule has 0 aliphatic heterocycles. The molecular formula is H6O4V. The molecule has 0 aromatic heterocycles. The van der Waals surface area contributed by atoms with E-state index in [1.165, 1.54) is 0 Å². The van der Waals surface area contributed by atoms with Crippen LogP contribution in [0.5, 0.6) is 0 Å². The van der Waals surface area contributed by atoms with Crippen molar-refractivity contribution in [3.8, 4) is 0 Å². The summed E-state index contributed by atoms with van der Waals surface area (Å²) in [5, 5.41) is 12.0. The maximum absolute atomic E-state index is 6.00. The second kappa shape index (κ2) is 288. The van der Waals surface area contributed by atoms with Gasteiger partial charge in [-0.25, -0.2) is 0 Å². The topological polar surface area (TPSA) is 103 Å². The number of hydrogen-bond acceptors (Lipinski definition) is 2. The monoisotopic (exact) mass is 121 g/mol. The van der Waals surface area contributed by atoms with Gasteiger partial charge in [-0.05, 0) is 0 Å². The Morgan fingerprint density at radius 1 is 0.800 bits per heavy atom. The van der Waals surface area contributed by atoms with Crippen LogP contribution in [-0.2, 0) is 18.6 Å². The van der Waals surface area contributed by atoms with Gasteiger partial charge in [0, 0.05) is 18.6 Å². The van der Waals surface area contributed by atoms with E-state index in [0.717, 1.165) is 0 Å². The van der Waals surface area contributed by atoms with E-state index < -0.39 is 0 Å². The van der Waals surface area contributed by atoms with Gasteiger partial charge in [0.2, 0.25) is 0 Å². The average molecular weight is 121 g/mol. The molecule has 0 aliphatic rings. The maximum Gasteiger partial charge on any atom is 0 e. The van der Waals surface area contributed by atoms with Crippen molar-refractivity contribution in [2.24, 2.45) is 0 Å². The molecule has 6 N–H and O–H groups in total. The number of rotatable bonds is 0. The number of hydrogen-bond donors (Lipinski definition) is 2. The van der Waals surface area contributed by atoms with Crippen molar-refractivity contribution in [1.82, 2.24) is 0 Å². The van der Waals surface area contributed by atoms with Crippen LogP contribution in [0.1, 0.15) is 0 Å². The van der Waals surface area contributed by atoms with E-state index in [-0.39, 0.29) is 29.5 Å². The zero-order valence-electron chi connectivity index (χ0n) is 2.34. The summed E-state index contributed by atoms with van der Waals surface area (Å²) in [5.41, 5.74) is 0. The summed E-state index contributed by atoms with van der Waals surface area (Å²) in [7, 11) is 0. The molecule has 5 heteroatoms. The van der Waals surface area contributed by atoms with Gasteiger partial charge in [0.15, 0.2) is 0 Å². The first-order valence-electron chi connectivity index (χ1n) is 0.200. The van der Waals surface area contributed by atoms with Crippen molar-refractivity contribution in [3.63, 3.8) is 0 Å². The van der Waals surface area contributed by atoms with Gasteiger partial charge in [0.05, 0.1) is 0 Å². The SMILES string of the molecule is O.O.OO.[V]. The standard InChI is InChI=1S/H2O2.2H2O.V/c1-2;;;/h1-2H;2*1H2;. The van der Waals surface area contributed by atoms with Gasteiger partial charge in [-0.15, -0.1) is 0 Å². The van der Waals surface area contributed by atoms with E-state index in [9.17, 15) is 0 Å². The van der Waals surface area contributed by atoms with Gasteiger partial charge >= 0.3 is 0 Å². The van der Waals surface area contributed by atoms with Crippen molar-refractivity contribution < 1.29 is 40.0 Å². The van der Waals surface area contributed by atoms with Crippen LogP contribution >= 0.6 is 0 Å². The Morgan fingerprint density at radius 2 is 0.800 bits per heavy atom. The summed E-state index contributed by atoms with van der Waals surface area (Å²) in [6, 6.07) is 0. The third-order valence-corrected chi connectivity index (χ3v) is 0. The summed E-state index contributed by atoms with van der Waals surface area (Å²) < 4.78 is 0.